The Hall–Kier alpha value is -2.54. The monoisotopic (exact) mass is 395 g/mol. The largest absolute Gasteiger partial charge is 0.462 e. The van der Waals surface area contributed by atoms with E-state index >= 15 is 0 Å². The minimum Gasteiger partial charge on any atom is -0.462 e. The maximum atomic E-state index is 12.5. The number of carbonyl (C=O) groups is 2. The first-order chi connectivity index (χ1) is 12.8. The molecule has 0 bridgehead atoms. The molecule has 0 amide bonds. The van der Waals surface area contributed by atoms with Gasteiger partial charge in [0.1, 0.15) is 17.8 Å². The number of hydrogen-bond donors (Lipinski definition) is 0. The molecule has 0 spiro atoms. The number of benzene rings is 1. The summed E-state index contributed by atoms with van der Waals surface area (Å²) in [7, 11) is 0. The van der Waals surface area contributed by atoms with Gasteiger partial charge in [-0.05, 0) is 26.0 Å². The molecule has 146 valence electrons. The summed E-state index contributed by atoms with van der Waals surface area (Å²) in [6.45, 7) is 7.72. The molecular formula is C19H22ClNO6. The molecule has 0 saturated heterocycles. The number of anilines is 1. The van der Waals surface area contributed by atoms with Crippen molar-refractivity contribution >= 4 is 40.2 Å². The SMILES string of the molecule is CCN(CC)c1ccc2c(Cl)c(C(COC(C)=O)OC(C)=O)c(=O)oc2c1. The van der Waals surface area contributed by atoms with E-state index in [2.05, 4.69) is 4.90 Å². The minimum atomic E-state index is -1.15. The zero-order chi connectivity index (χ0) is 20.1. The van der Waals surface area contributed by atoms with Crippen LogP contribution in [0.15, 0.2) is 27.4 Å². The summed E-state index contributed by atoms with van der Waals surface area (Å²) in [5.74, 6) is -1.21. The van der Waals surface area contributed by atoms with E-state index in [9.17, 15) is 14.4 Å². The summed E-state index contributed by atoms with van der Waals surface area (Å²) in [4.78, 5) is 37.2. The predicted molar refractivity (Wildman–Crippen MR) is 102 cm³/mol. The van der Waals surface area contributed by atoms with E-state index in [1.165, 1.54) is 13.8 Å². The Morgan fingerprint density at radius 1 is 1.19 bits per heavy atom. The highest BCUT2D eigenvalue weighted by molar-refractivity contribution is 6.36. The summed E-state index contributed by atoms with van der Waals surface area (Å²) >= 11 is 6.43. The molecule has 0 radical (unpaired) electrons. The maximum absolute atomic E-state index is 12.5. The molecule has 1 unspecified atom stereocenters. The van der Waals surface area contributed by atoms with Crippen LogP contribution in [0.3, 0.4) is 0 Å². The number of fused-ring (bicyclic) bond motifs is 1. The van der Waals surface area contributed by atoms with E-state index in [1.54, 1.807) is 12.1 Å². The topological polar surface area (TPSA) is 86.0 Å². The minimum absolute atomic E-state index is 0.0591. The summed E-state index contributed by atoms with van der Waals surface area (Å²) in [6.07, 6.45) is -1.15. The smallest absolute Gasteiger partial charge is 0.344 e. The molecule has 0 aliphatic heterocycles. The third-order valence-corrected chi connectivity index (χ3v) is 4.46. The zero-order valence-electron chi connectivity index (χ0n) is 15.7. The molecule has 27 heavy (non-hydrogen) atoms. The average Bonchev–Trinajstić information content (AvgIpc) is 2.59. The molecule has 1 aromatic heterocycles. The van der Waals surface area contributed by atoms with Gasteiger partial charge in [0, 0.05) is 44.1 Å². The molecule has 2 rings (SSSR count). The van der Waals surface area contributed by atoms with Crippen LogP contribution in [-0.2, 0) is 19.1 Å². The van der Waals surface area contributed by atoms with Crippen molar-refractivity contribution in [2.24, 2.45) is 0 Å². The molecule has 8 heteroatoms. The van der Waals surface area contributed by atoms with Crippen LogP contribution in [0.1, 0.15) is 39.4 Å². The molecule has 1 heterocycles. The van der Waals surface area contributed by atoms with Crippen LogP contribution in [0.4, 0.5) is 5.69 Å². The lowest BCUT2D eigenvalue weighted by atomic mass is 10.1. The molecule has 0 fully saturated rings. The van der Waals surface area contributed by atoms with Crippen molar-refractivity contribution in [1.29, 1.82) is 0 Å². The lowest BCUT2D eigenvalue weighted by Gasteiger charge is -2.21. The van der Waals surface area contributed by atoms with Gasteiger partial charge in [-0.25, -0.2) is 4.79 Å². The van der Waals surface area contributed by atoms with Crippen LogP contribution >= 0.6 is 11.6 Å². The number of esters is 2. The molecule has 0 aliphatic rings. The quantitative estimate of drug-likeness (QED) is 0.524. The summed E-state index contributed by atoms with van der Waals surface area (Å²) < 4.78 is 15.4. The van der Waals surface area contributed by atoms with E-state index < -0.39 is 23.7 Å². The second-order valence-corrected chi connectivity index (χ2v) is 6.25. The van der Waals surface area contributed by atoms with Gasteiger partial charge in [0.05, 0.1) is 5.02 Å². The first kappa shape index (κ1) is 20.8. The van der Waals surface area contributed by atoms with Gasteiger partial charge >= 0.3 is 17.6 Å². The van der Waals surface area contributed by atoms with E-state index in [0.717, 1.165) is 18.8 Å². The van der Waals surface area contributed by atoms with Crippen molar-refractivity contribution in [2.45, 2.75) is 33.8 Å². The summed E-state index contributed by atoms with van der Waals surface area (Å²) in [6, 6.07) is 5.36. The molecule has 0 aliphatic carbocycles. The average molecular weight is 396 g/mol. The van der Waals surface area contributed by atoms with Crippen molar-refractivity contribution < 1.29 is 23.5 Å². The van der Waals surface area contributed by atoms with Gasteiger partial charge in [-0.15, -0.1) is 0 Å². The number of ether oxygens (including phenoxy) is 2. The Labute approximate surface area is 161 Å². The van der Waals surface area contributed by atoms with Gasteiger partial charge < -0.3 is 18.8 Å². The van der Waals surface area contributed by atoms with E-state index in [1.807, 2.05) is 19.9 Å². The normalized spacial score (nSPS) is 11.9. The van der Waals surface area contributed by atoms with Gasteiger partial charge in [0.15, 0.2) is 6.10 Å². The molecular weight excluding hydrogens is 374 g/mol. The van der Waals surface area contributed by atoms with Crippen LogP contribution in [0.25, 0.3) is 11.0 Å². The van der Waals surface area contributed by atoms with Gasteiger partial charge in [0.2, 0.25) is 0 Å². The van der Waals surface area contributed by atoms with Gasteiger partial charge in [-0.2, -0.15) is 0 Å². The van der Waals surface area contributed by atoms with Gasteiger partial charge in [-0.1, -0.05) is 11.6 Å². The van der Waals surface area contributed by atoms with Gasteiger partial charge in [-0.3, -0.25) is 9.59 Å². The lowest BCUT2D eigenvalue weighted by molar-refractivity contribution is -0.156. The van der Waals surface area contributed by atoms with Crippen molar-refractivity contribution in [3.8, 4) is 0 Å². The lowest BCUT2D eigenvalue weighted by Crippen LogP contribution is -2.23. The predicted octanol–water partition coefficient (Wildman–Crippen LogP) is 3.46. The van der Waals surface area contributed by atoms with Crippen molar-refractivity contribution in [2.75, 3.05) is 24.6 Å². The van der Waals surface area contributed by atoms with E-state index in [4.69, 9.17) is 25.5 Å². The van der Waals surface area contributed by atoms with Crippen LogP contribution < -0.4 is 10.5 Å². The molecule has 1 atom stereocenters. The number of rotatable bonds is 7. The number of halogens is 1. The second-order valence-electron chi connectivity index (χ2n) is 5.87. The third kappa shape index (κ3) is 4.80. The summed E-state index contributed by atoms with van der Waals surface area (Å²) in [5, 5.41) is 0.605. The van der Waals surface area contributed by atoms with E-state index in [0.29, 0.717) is 11.0 Å². The number of hydrogen-bond acceptors (Lipinski definition) is 7. The fourth-order valence-electron chi connectivity index (χ4n) is 2.79. The van der Waals surface area contributed by atoms with Crippen LogP contribution in [0.2, 0.25) is 5.02 Å². The fraction of sp³-hybridized carbons (Fsp3) is 0.421. The molecule has 0 N–H and O–H groups in total. The first-order valence-corrected chi connectivity index (χ1v) is 8.98. The van der Waals surface area contributed by atoms with Crippen LogP contribution in [0, 0.1) is 0 Å². The van der Waals surface area contributed by atoms with Crippen molar-refractivity contribution in [3.63, 3.8) is 0 Å². The summed E-state index contributed by atoms with van der Waals surface area (Å²) in [5.41, 5.74) is 0.418. The highest BCUT2D eigenvalue weighted by Gasteiger charge is 2.26. The Kier molecular flexibility index (Phi) is 6.85. The maximum Gasteiger partial charge on any atom is 0.344 e. The van der Waals surface area contributed by atoms with Gasteiger partial charge in [0.25, 0.3) is 0 Å². The van der Waals surface area contributed by atoms with Crippen molar-refractivity contribution in [1.82, 2.24) is 0 Å². The highest BCUT2D eigenvalue weighted by Crippen LogP contribution is 2.32. The van der Waals surface area contributed by atoms with Crippen LogP contribution in [0.5, 0.6) is 0 Å². The molecule has 0 saturated carbocycles. The van der Waals surface area contributed by atoms with E-state index in [-0.39, 0.29) is 17.2 Å². The molecule has 1 aromatic carbocycles. The first-order valence-electron chi connectivity index (χ1n) is 8.60. The Morgan fingerprint density at radius 3 is 2.41 bits per heavy atom. The highest BCUT2D eigenvalue weighted by atomic mass is 35.5. The standard InChI is InChI=1S/C19H22ClNO6/c1-5-21(6-2)13-7-8-14-15(9-13)27-19(24)17(18(14)20)16(26-12(4)23)10-25-11(3)22/h7-9,16H,5-6,10H2,1-4H3. The fourth-order valence-corrected chi connectivity index (χ4v) is 3.15. The van der Waals surface area contributed by atoms with Crippen LogP contribution in [-0.4, -0.2) is 31.6 Å². The Morgan fingerprint density at radius 2 is 1.85 bits per heavy atom. The zero-order valence-corrected chi connectivity index (χ0v) is 16.5. The number of nitrogens with zero attached hydrogens (tertiary/aromatic N) is 1. The third-order valence-electron chi connectivity index (χ3n) is 4.06. The second kappa shape index (κ2) is 8.90. The Balaban J connectivity index is 2.56. The molecule has 7 nitrogen and oxygen atoms in total. The number of carbonyl (C=O) groups excluding carboxylic acids is 2. The molecule has 2 aromatic rings. The Bertz CT molecular complexity index is 903. The van der Waals surface area contributed by atoms with Crippen molar-refractivity contribution in [3.05, 3.63) is 39.2 Å².